The van der Waals surface area contributed by atoms with Crippen LogP contribution in [0.15, 0.2) is 48.5 Å². The Kier molecular flexibility index (Phi) is 5.72. The van der Waals surface area contributed by atoms with Crippen LogP contribution < -0.4 is 9.47 Å². The lowest BCUT2D eigenvalue weighted by molar-refractivity contribution is -0.0305. The summed E-state index contributed by atoms with van der Waals surface area (Å²) in [4.78, 5) is 2.44. The molecule has 1 fully saturated rings. The molecule has 0 aromatic heterocycles. The number of benzene rings is 2. The first kappa shape index (κ1) is 16.8. The number of hydrogen-bond acceptors (Lipinski definition) is 4. The molecule has 0 N–H and O–H groups in total. The van der Waals surface area contributed by atoms with E-state index < -0.39 is 0 Å². The van der Waals surface area contributed by atoms with E-state index in [0.29, 0.717) is 0 Å². The van der Waals surface area contributed by atoms with Crippen LogP contribution in [0.5, 0.6) is 11.5 Å². The molecule has 128 valence electrons. The Morgan fingerprint density at radius 1 is 1.00 bits per heavy atom. The molecule has 24 heavy (non-hydrogen) atoms. The van der Waals surface area contributed by atoms with E-state index in [-0.39, 0.29) is 6.10 Å². The number of hydrogen-bond donors (Lipinski definition) is 0. The summed E-state index contributed by atoms with van der Waals surface area (Å²) in [7, 11) is 3.33. The Morgan fingerprint density at radius 2 is 1.79 bits per heavy atom. The SMILES string of the molecule is COc1ccc(CN2CCOC(Cc3ccccc3)C2)cc1OC. The van der Waals surface area contributed by atoms with Crippen LogP contribution in [0.25, 0.3) is 0 Å². The summed E-state index contributed by atoms with van der Waals surface area (Å²) in [6.45, 7) is 3.59. The van der Waals surface area contributed by atoms with E-state index in [9.17, 15) is 0 Å². The van der Waals surface area contributed by atoms with Crippen LogP contribution in [-0.4, -0.2) is 44.9 Å². The summed E-state index contributed by atoms with van der Waals surface area (Å²) < 4.78 is 16.6. The maximum Gasteiger partial charge on any atom is 0.161 e. The van der Waals surface area contributed by atoms with Crippen molar-refractivity contribution in [1.29, 1.82) is 0 Å². The quantitative estimate of drug-likeness (QED) is 0.815. The second-order valence-corrected chi connectivity index (χ2v) is 6.11. The molecule has 2 aromatic carbocycles. The van der Waals surface area contributed by atoms with Crippen molar-refractivity contribution < 1.29 is 14.2 Å². The molecule has 1 unspecified atom stereocenters. The standard InChI is InChI=1S/C20H25NO3/c1-22-19-9-8-17(13-20(19)23-2)14-21-10-11-24-18(15-21)12-16-6-4-3-5-7-16/h3-9,13,18H,10-12,14-15H2,1-2H3. The van der Waals surface area contributed by atoms with Gasteiger partial charge in [0.15, 0.2) is 11.5 Å². The van der Waals surface area contributed by atoms with Crippen LogP contribution in [0.1, 0.15) is 11.1 Å². The Balaban J connectivity index is 1.61. The van der Waals surface area contributed by atoms with Crippen molar-refractivity contribution in [2.75, 3.05) is 33.9 Å². The first-order chi connectivity index (χ1) is 11.8. The van der Waals surface area contributed by atoms with Gasteiger partial charge in [0.2, 0.25) is 0 Å². The smallest absolute Gasteiger partial charge is 0.161 e. The number of methoxy groups -OCH3 is 2. The number of morpholine rings is 1. The third-order valence-electron chi connectivity index (χ3n) is 4.38. The second kappa shape index (κ2) is 8.18. The molecule has 1 heterocycles. The minimum atomic E-state index is 0.251. The first-order valence-corrected chi connectivity index (χ1v) is 8.37. The normalized spacial score (nSPS) is 18.3. The highest BCUT2D eigenvalue weighted by atomic mass is 16.5. The molecule has 1 aliphatic heterocycles. The van der Waals surface area contributed by atoms with E-state index in [1.54, 1.807) is 14.2 Å². The van der Waals surface area contributed by atoms with Gasteiger partial charge < -0.3 is 14.2 Å². The molecule has 0 amide bonds. The van der Waals surface area contributed by atoms with Gasteiger partial charge in [-0.2, -0.15) is 0 Å². The lowest BCUT2D eigenvalue weighted by atomic mass is 10.1. The molecule has 1 atom stereocenters. The first-order valence-electron chi connectivity index (χ1n) is 8.37. The minimum Gasteiger partial charge on any atom is -0.493 e. The second-order valence-electron chi connectivity index (χ2n) is 6.11. The molecule has 0 spiro atoms. The summed E-state index contributed by atoms with van der Waals surface area (Å²) in [5.41, 5.74) is 2.56. The zero-order valence-electron chi connectivity index (χ0n) is 14.4. The van der Waals surface area contributed by atoms with E-state index in [1.807, 2.05) is 6.07 Å². The zero-order chi connectivity index (χ0) is 16.8. The van der Waals surface area contributed by atoms with Gasteiger partial charge >= 0.3 is 0 Å². The van der Waals surface area contributed by atoms with Crippen molar-refractivity contribution in [3.8, 4) is 11.5 Å². The number of nitrogens with zero attached hydrogens (tertiary/aromatic N) is 1. The molecular weight excluding hydrogens is 302 g/mol. The highest BCUT2D eigenvalue weighted by Gasteiger charge is 2.21. The van der Waals surface area contributed by atoms with Crippen molar-refractivity contribution in [3.05, 3.63) is 59.7 Å². The number of rotatable bonds is 6. The van der Waals surface area contributed by atoms with Crippen LogP contribution in [0.2, 0.25) is 0 Å². The molecule has 4 heteroatoms. The van der Waals surface area contributed by atoms with Crippen molar-refractivity contribution in [3.63, 3.8) is 0 Å². The van der Waals surface area contributed by atoms with Gasteiger partial charge in [0.1, 0.15) is 0 Å². The summed E-state index contributed by atoms with van der Waals surface area (Å²) in [5, 5.41) is 0. The molecule has 0 radical (unpaired) electrons. The summed E-state index contributed by atoms with van der Waals surface area (Å²) >= 11 is 0. The van der Waals surface area contributed by atoms with Gasteiger partial charge in [-0.05, 0) is 29.7 Å². The van der Waals surface area contributed by atoms with Crippen LogP contribution in [0, 0.1) is 0 Å². The molecule has 0 saturated carbocycles. The van der Waals surface area contributed by atoms with Crippen LogP contribution in [-0.2, 0) is 17.7 Å². The topological polar surface area (TPSA) is 30.9 Å². The maximum absolute atomic E-state index is 5.94. The van der Waals surface area contributed by atoms with Crippen molar-refractivity contribution in [2.24, 2.45) is 0 Å². The van der Waals surface area contributed by atoms with Gasteiger partial charge in [0, 0.05) is 19.6 Å². The lowest BCUT2D eigenvalue weighted by Crippen LogP contribution is -2.42. The van der Waals surface area contributed by atoms with Crippen molar-refractivity contribution in [1.82, 2.24) is 4.90 Å². The lowest BCUT2D eigenvalue weighted by Gasteiger charge is -2.33. The van der Waals surface area contributed by atoms with E-state index >= 15 is 0 Å². The molecule has 1 saturated heterocycles. The monoisotopic (exact) mass is 327 g/mol. The van der Waals surface area contributed by atoms with Gasteiger partial charge in [-0.1, -0.05) is 36.4 Å². The Morgan fingerprint density at radius 3 is 2.54 bits per heavy atom. The van der Waals surface area contributed by atoms with Crippen LogP contribution >= 0.6 is 0 Å². The van der Waals surface area contributed by atoms with Gasteiger partial charge in [0.05, 0.1) is 26.9 Å². The van der Waals surface area contributed by atoms with E-state index in [0.717, 1.165) is 44.2 Å². The largest absolute Gasteiger partial charge is 0.493 e. The van der Waals surface area contributed by atoms with Crippen LogP contribution in [0.4, 0.5) is 0 Å². The molecular formula is C20H25NO3. The minimum absolute atomic E-state index is 0.251. The van der Waals surface area contributed by atoms with E-state index in [1.165, 1.54) is 11.1 Å². The average molecular weight is 327 g/mol. The Bertz CT molecular complexity index is 645. The van der Waals surface area contributed by atoms with Gasteiger partial charge in [-0.25, -0.2) is 0 Å². The van der Waals surface area contributed by atoms with Gasteiger partial charge in [0.25, 0.3) is 0 Å². The average Bonchev–Trinajstić information content (AvgIpc) is 2.63. The molecule has 2 aromatic rings. The molecule has 0 bridgehead atoms. The molecule has 3 rings (SSSR count). The Hall–Kier alpha value is -2.04. The van der Waals surface area contributed by atoms with E-state index in [2.05, 4.69) is 47.4 Å². The number of ether oxygens (including phenoxy) is 3. The highest BCUT2D eigenvalue weighted by molar-refractivity contribution is 5.42. The van der Waals surface area contributed by atoms with Crippen molar-refractivity contribution >= 4 is 0 Å². The third-order valence-corrected chi connectivity index (χ3v) is 4.38. The van der Waals surface area contributed by atoms with Gasteiger partial charge in [-0.3, -0.25) is 4.90 Å². The predicted octanol–water partition coefficient (Wildman–Crippen LogP) is 3.15. The Labute approximate surface area is 144 Å². The fourth-order valence-corrected chi connectivity index (χ4v) is 3.16. The summed E-state index contributed by atoms with van der Waals surface area (Å²) in [5.74, 6) is 1.55. The molecule has 1 aliphatic rings. The zero-order valence-corrected chi connectivity index (χ0v) is 14.4. The fraction of sp³-hybridized carbons (Fsp3) is 0.400. The molecule has 0 aliphatic carbocycles. The van der Waals surface area contributed by atoms with E-state index in [4.69, 9.17) is 14.2 Å². The fourth-order valence-electron chi connectivity index (χ4n) is 3.16. The summed E-state index contributed by atoms with van der Waals surface area (Å²) in [6, 6.07) is 16.7. The van der Waals surface area contributed by atoms with Gasteiger partial charge in [-0.15, -0.1) is 0 Å². The maximum atomic E-state index is 5.94. The molecule has 4 nitrogen and oxygen atoms in total. The predicted molar refractivity (Wildman–Crippen MR) is 94.7 cm³/mol. The third kappa shape index (κ3) is 4.28. The van der Waals surface area contributed by atoms with Crippen LogP contribution in [0.3, 0.4) is 0 Å². The summed E-state index contributed by atoms with van der Waals surface area (Å²) in [6.07, 6.45) is 1.21. The highest BCUT2D eigenvalue weighted by Crippen LogP contribution is 2.28. The van der Waals surface area contributed by atoms with Crippen molar-refractivity contribution in [2.45, 2.75) is 19.1 Å².